The molecule has 10 nitrogen and oxygen atoms in total. The van der Waals surface area contributed by atoms with Gasteiger partial charge in [0.1, 0.15) is 5.71 Å². The highest BCUT2D eigenvalue weighted by molar-refractivity contribution is 7.91. The highest BCUT2D eigenvalue weighted by Crippen LogP contribution is 2.22. The fourth-order valence-corrected chi connectivity index (χ4v) is 5.46. The Hall–Kier alpha value is -3.21. The van der Waals surface area contributed by atoms with Gasteiger partial charge in [0.2, 0.25) is 5.91 Å². The number of hydrogen-bond donors (Lipinski definition) is 2. The number of para-hydroxylation sites is 1. The number of rotatable bonds is 3. The van der Waals surface area contributed by atoms with Gasteiger partial charge in [-0.15, -0.1) is 0 Å². The highest BCUT2D eigenvalue weighted by Gasteiger charge is 2.37. The van der Waals surface area contributed by atoms with Crippen molar-refractivity contribution < 1.29 is 22.8 Å². The Morgan fingerprint density at radius 3 is 2.60 bits per heavy atom. The highest BCUT2D eigenvalue weighted by atomic mass is 32.2. The molecule has 3 amide bonds. The van der Waals surface area contributed by atoms with Crippen LogP contribution >= 0.6 is 0 Å². The van der Waals surface area contributed by atoms with Crippen LogP contribution in [0.4, 0.5) is 0 Å². The lowest BCUT2D eigenvalue weighted by Gasteiger charge is -2.27. The molecule has 1 unspecified atom stereocenters. The number of sulfone groups is 1. The number of carbonyl (C=O) groups excluding carboxylic acids is 3. The van der Waals surface area contributed by atoms with E-state index in [2.05, 4.69) is 16.0 Å². The van der Waals surface area contributed by atoms with Crippen LogP contribution in [0.15, 0.2) is 35.6 Å². The second-order valence-corrected chi connectivity index (χ2v) is 9.65. The third-order valence-corrected chi connectivity index (χ3v) is 7.06. The molecule has 1 aromatic carbocycles. The summed E-state index contributed by atoms with van der Waals surface area (Å²) in [5, 5.41) is 5.94. The molecule has 0 bridgehead atoms. The van der Waals surface area contributed by atoms with E-state index in [0.29, 0.717) is 12.0 Å². The van der Waals surface area contributed by atoms with Gasteiger partial charge in [-0.25, -0.2) is 13.4 Å². The molecule has 0 aliphatic carbocycles. The quantitative estimate of drug-likeness (QED) is 0.666. The van der Waals surface area contributed by atoms with Crippen LogP contribution in [0.25, 0.3) is 10.9 Å². The van der Waals surface area contributed by atoms with Crippen LogP contribution in [-0.4, -0.2) is 59.0 Å². The van der Waals surface area contributed by atoms with Crippen molar-refractivity contribution in [3.63, 3.8) is 0 Å². The maximum Gasteiger partial charge on any atom is 0.285 e. The summed E-state index contributed by atoms with van der Waals surface area (Å²) in [5.74, 6) is -1.59. The Bertz CT molecular complexity index is 1180. The van der Waals surface area contributed by atoms with Gasteiger partial charge in [0, 0.05) is 37.0 Å². The van der Waals surface area contributed by atoms with Gasteiger partial charge < -0.3 is 4.57 Å². The fourth-order valence-electron chi connectivity index (χ4n) is 3.76. The molecule has 2 aliphatic heterocycles. The Labute approximate surface area is 172 Å². The lowest BCUT2D eigenvalue weighted by atomic mass is 10.1. The zero-order chi connectivity index (χ0) is 21.5. The molecule has 2 aromatic rings. The van der Waals surface area contributed by atoms with E-state index in [1.165, 1.54) is 0 Å². The van der Waals surface area contributed by atoms with Crippen molar-refractivity contribution >= 4 is 44.2 Å². The lowest BCUT2D eigenvalue weighted by Crippen LogP contribution is -2.48. The molecule has 1 aromatic heterocycles. The van der Waals surface area contributed by atoms with Crippen molar-refractivity contribution in [1.82, 2.24) is 20.4 Å². The fraction of sp³-hybridized carbons (Fsp3) is 0.368. The third kappa shape index (κ3) is 3.80. The summed E-state index contributed by atoms with van der Waals surface area (Å²) in [6.07, 6.45) is 2.14. The molecule has 11 heteroatoms. The molecule has 4 rings (SSSR count). The molecular weight excluding hydrogens is 410 g/mol. The van der Waals surface area contributed by atoms with E-state index >= 15 is 0 Å². The van der Waals surface area contributed by atoms with E-state index in [0.717, 1.165) is 15.9 Å². The molecule has 158 valence electrons. The lowest BCUT2D eigenvalue weighted by molar-refractivity contribution is -0.133. The van der Waals surface area contributed by atoms with Crippen LogP contribution in [-0.2, 0) is 26.5 Å². The van der Waals surface area contributed by atoms with Crippen molar-refractivity contribution in [3.8, 4) is 0 Å². The summed E-state index contributed by atoms with van der Waals surface area (Å²) in [6.45, 7) is 0. The molecule has 30 heavy (non-hydrogen) atoms. The number of fused-ring (bicyclic) bond motifs is 1. The van der Waals surface area contributed by atoms with E-state index in [4.69, 9.17) is 0 Å². The van der Waals surface area contributed by atoms with Crippen molar-refractivity contribution in [2.75, 3.05) is 11.5 Å². The SMILES string of the molecule is Cn1cc(C(=O)NNC(=O)C2=NN(C3CCS(=O)(=O)C3)C(=O)CC2)c2ccccc21. The molecule has 1 saturated heterocycles. The number of aryl methyl sites for hydroxylation is 1. The van der Waals surface area contributed by atoms with Gasteiger partial charge in [-0.1, -0.05) is 18.2 Å². The zero-order valence-electron chi connectivity index (χ0n) is 16.3. The molecule has 2 aliphatic rings. The summed E-state index contributed by atoms with van der Waals surface area (Å²) < 4.78 is 25.2. The minimum atomic E-state index is -3.20. The van der Waals surface area contributed by atoms with E-state index < -0.39 is 27.7 Å². The smallest absolute Gasteiger partial charge is 0.285 e. The number of hydrazone groups is 1. The van der Waals surface area contributed by atoms with Crippen LogP contribution in [0.2, 0.25) is 0 Å². The van der Waals surface area contributed by atoms with Gasteiger partial charge in [0.15, 0.2) is 9.84 Å². The molecule has 2 N–H and O–H groups in total. The second kappa shape index (κ2) is 7.56. The Morgan fingerprint density at radius 1 is 1.13 bits per heavy atom. The first-order valence-electron chi connectivity index (χ1n) is 9.50. The summed E-state index contributed by atoms with van der Waals surface area (Å²) in [4.78, 5) is 37.2. The molecule has 0 radical (unpaired) electrons. The number of hydrogen-bond acceptors (Lipinski definition) is 6. The topological polar surface area (TPSA) is 130 Å². The Kier molecular flexibility index (Phi) is 5.06. The maximum absolute atomic E-state index is 12.5. The summed E-state index contributed by atoms with van der Waals surface area (Å²) in [6, 6.07) is 6.84. The first-order chi connectivity index (χ1) is 14.2. The van der Waals surface area contributed by atoms with Crippen molar-refractivity contribution in [2.24, 2.45) is 12.1 Å². The van der Waals surface area contributed by atoms with Gasteiger partial charge in [-0.05, 0) is 12.5 Å². The largest absolute Gasteiger partial charge is 0.350 e. The van der Waals surface area contributed by atoms with E-state index in [9.17, 15) is 22.8 Å². The predicted octanol–water partition coefficient (Wildman–Crippen LogP) is 0.105. The molecular formula is C19H21N5O5S. The number of amides is 3. The molecule has 0 saturated carbocycles. The van der Waals surface area contributed by atoms with E-state index in [1.807, 2.05) is 35.9 Å². The summed E-state index contributed by atoms with van der Waals surface area (Å²) >= 11 is 0. The first kappa shape index (κ1) is 20.1. The van der Waals surface area contributed by atoms with Gasteiger partial charge in [-0.2, -0.15) is 5.10 Å². The summed E-state index contributed by atoms with van der Waals surface area (Å²) in [7, 11) is -1.37. The van der Waals surface area contributed by atoms with Crippen LogP contribution < -0.4 is 10.9 Å². The van der Waals surface area contributed by atoms with Gasteiger partial charge >= 0.3 is 0 Å². The normalized spacial score (nSPS) is 20.8. The number of nitrogens with one attached hydrogen (secondary N) is 2. The zero-order valence-corrected chi connectivity index (χ0v) is 17.1. The van der Waals surface area contributed by atoms with Crippen LogP contribution in [0.5, 0.6) is 0 Å². The predicted molar refractivity (Wildman–Crippen MR) is 109 cm³/mol. The van der Waals surface area contributed by atoms with Gasteiger partial charge in [0.05, 0.1) is 23.1 Å². The standard InChI is InChI=1S/C19H21N5O5S/c1-23-10-14(13-4-2-3-5-16(13)23)18(26)20-21-19(27)15-6-7-17(25)24(22-15)12-8-9-30(28,29)11-12/h2-5,10,12H,6-9,11H2,1H3,(H,20,26)(H,21,27). The van der Waals surface area contributed by atoms with Crippen molar-refractivity contribution in [1.29, 1.82) is 0 Å². The molecule has 1 atom stereocenters. The molecule has 1 fully saturated rings. The Morgan fingerprint density at radius 2 is 1.87 bits per heavy atom. The van der Waals surface area contributed by atoms with E-state index in [1.54, 1.807) is 6.20 Å². The molecule has 3 heterocycles. The van der Waals surface area contributed by atoms with Crippen LogP contribution in [0.3, 0.4) is 0 Å². The monoisotopic (exact) mass is 431 g/mol. The van der Waals surface area contributed by atoms with Crippen LogP contribution in [0, 0.1) is 0 Å². The first-order valence-corrected chi connectivity index (χ1v) is 11.3. The number of carbonyl (C=O) groups is 3. The Balaban J connectivity index is 1.45. The van der Waals surface area contributed by atoms with E-state index in [-0.39, 0.29) is 36.0 Å². The van der Waals surface area contributed by atoms with Gasteiger partial charge in [0.25, 0.3) is 11.8 Å². The number of aromatic nitrogens is 1. The third-order valence-electron chi connectivity index (χ3n) is 5.31. The van der Waals surface area contributed by atoms with Crippen molar-refractivity contribution in [3.05, 3.63) is 36.0 Å². The second-order valence-electron chi connectivity index (χ2n) is 7.42. The van der Waals surface area contributed by atoms with Gasteiger partial charge in [-0.3, -0.25) is 25.2 Å². The molecule has 0 spiro atoms. The minimum Gasteiger partial charge on any atom is -0.350 e. The summed E-state index contributed by atoms with van der Waals surface area (Å²) in [5.41, 5.74) is 6.07. The minimum absolute atomic E-state index is 0.000411. The number of hydrazine groups is 1. The maximum atomic E-state index is 12.5. The van der Waals surface area contributed by atoms with Crippen LogP contribution in [0.1, 0.15) is 29.6 Å². The number of nitrogens with zero attached hydrogens (tertiary/aromatic N) is 3. The average molecular weight is 431 g/mol. The average Bonchev–Trinajstić information content (AvgIpc) is 3.26. The van der Waals surface area contributed by atoms with Crippen molar-refractivity contribution in [2.45, 2.75) is 25.3 Å². The number of benzene rings is 1.